The molecule has 2 aromatic rings. The number of rotatable bonds is 6. The number of carboxylic acids is 1. The van der Waals surface area contributed by atoms with Crippen LogP contribution in [0, 0.1) is 5.41 Å². The first-order chi connectivity index (χ1) is 16.2. The summed E-state index contributed by atoms with van der Waals surface area (Å²) in [5.41, 5.74) is 4.08. The third-order valence-electron chi connectivity index (χ3n) is 7.02. The lowest BCUT2D eigenvalue weighted by Crippen LogP contribution is -2.57. The van der Waals surface area contributed by atoms with Gasteiger partial charge in [0.15, 0.2) is 0 Å². The first kappa shape index (κ1) is 23.8. The summed E-state index contributed by atoms with van der Waals surface area (Å²) in [6.07, 6.45) is 0.943. The van der Waals surface area contributed by atoms with Crippen molar-refractivity contribution in [2.24, 2.45) is 5.41 Å². The van der Waals surface area contributed by atoms with Gasteiger partial charge in [0.2, 0.25) is 5.91 Å². The molecule has 0 aromatic heterocycles. The first-order valence-corrected chi connectivity index (χ1v) is 11.8. The zero-order valence-electron chi connectivity index (χ0n) is 19.9. The van der Waals surface area contributed by atoms with Gasteiger partial charge in [-0.3, -0.25) is 4.79 Å². The molecular weight excluding hydrogens is 432 g/mol. The standard InChI is InChI=1S/C27H32N2O5/c1-17(15-23(30)29-14-8-13-27(2,3)24(29)25(31)32)28-26(33)34-16-22-20-11-6-4-9-18(20)19-10-5-7-12-21(19)22/h4-7,9-12,17,22,24H,8,13-16H2,1-3H3,(H,28,33)(H,31,32)/t17-,24?/m1/s1. The Kier molecular flexibility index (Phi) is 6.64. The van der Waals surface area contributed by atoms with Gasteiger partial charge in [-0.2, -0.15) is 0 Å². The highest BCUT2D eigenvalue weighted by atomic mass is 16.5. The summed E-state index contributed by atoms with van der Waals surface area (Å²) in [4.78, 5) is 38.7. The number of benzene rings is 2. The maximum atomic E-state index is 12.9. The van der Waals surface area contributed by atoms with E-state index in [2.05, 4.69) is 29.6 Å². The molecule has 2 aliphatic rings. The molecule has 1 aliphatic heterocycles. The van der Waals surface area contributed by atoms with Crippen molar-refractivity contribution >= 4 is 18.0 Å². The topological polar surface area (TPSA) is 95.9 Å². The van der Waals surface area contributed by atoms with Gasteiger partial charge < -0.3 is 20.1 Å². The fourth-order valence-corrected chi connectivity index (χ4v) is 5.40. The van der Waals surface area contributed by atoms with Crippen molar-refractivity contribution in [2.45, 2.75) is 58.0 Å². The van der Waals surface area contributed by atoms with Crippen LogP contribution in [0.2, 0.25) is 0 Å². The summed E-state index contributed by atoms with van der Waals surface area (Å²) >= 11 is 0. The second-order valence-electron chi connectivity index (χ2n) is 10.00. The Balaban J connectivity index is 1.34. The van der Waals surface area contributed by atoms with Gasteiger partial charge >= 0.3 is 12.1 Å². The van der Waals surface area contributed by atoms with E-state index in [1.807, 2.05) is 38.1 Å². The molecule has 1 aliphatic carbocycles. The number of ether oxygens (including phenoxy) is 1. The number of carboxylic acid groups (broad SMARTS) is 1. The molecule has 0 bridgehead atoms. The quantitative estimate of drug-likeness (QED) is 0.660. The van der Waals surface area contributed by atoms with Crippen molar-refractivity contribution < 1.29 is 24.2 Å². The van der Waals surface area contributed by atoms with Crippen molar-refractivity contribution in [3.8, 4) is 11.1 Å². The van der Waals surface area contributed by atoms with Crippen LogP contribution < -0.4 is 5.32 Å². The fourth-order valence-electron chi connectivity index (χ4n) is 5.40. The van der Waals surface area contributed by atoms with Crippen molar-refractivity contribution in [3.63, 3.8) is 0 Å². The minimum Gasteiger partial charge on any atom is -0.480 e. The molecular formula is C27H32N2O5. The van der Waals surface area contributed by atoms with Gasteiger partial charge in [-0.1, -0.05) is 62.4 Å². The van der Waals surface area contributed by atoms with Gasteiger partial charge in [0.25, 0.3) is 0 Å². The Morgan fingerprint density at radius 2 is 1.68 bits per heavy atom. The van der Waals surface area contributed by atoms with E-state index in [4.69, 9.17) is 4.74 Å². The molecule has 34 heavy (non-hydrogen) atoms. The van der Waals surface area contributed by atoms with Crippen molar-refractivity contribution in [1.82, 2.24) is 10.2 Å². The molecule has 1 fully saturated rings. The molecule has 0 spiro atoms. The number of nitrogens with zero attached hydrogens (tertiary/aromatic N) is 1. The number of carbonyl (C=O) groups is 3. The maximum absolute atomic E-state index is 12.9. The van der Waals surface area contributed by atoms with Crippen LogP contribution in [0.5, 0.6) is 0 Å². The van der Waals surface area contributed by atoms with Crippen LogP contribution >= 0.6 is 0 Å². The number of aliphatic carboxylic acids is 1. The van der Waals surface area contributed by atoms with E-state index in [-0.39, 0.29) is 24.9 Å². The number of likely N-dealkylation sites (tertiary alicyclic amines) is 1. The molecule has 0 saturated carbocycles. The van der Waals surface area contributed by atoms with E-state index >= 15 is 0 Å². The Hall–Kier alpha value is -3.35. The minimum absolute atomic E-state index is 0.0179. The second kappa shape index (κ2) is 9.49. The first-order valence-electron chi connectivity index (χ1n) is 11.8. The monoisotopic (exact) mass is 464 g/mol. The highest BCUT2D eigenvalue weighted by Gasteiger charge is 2.44. The summed E-state index contributed by atoms with van der Waals surface area (Å²) in [6.45, 7) is 6.09. The Labute approximate surface area is 200 Å². The van der Waals surface area contributed by atoms with Gasteiger partial charge in [-0.25, -0.2) is 9.59 Å². The molecule has 2 amide bonds. The number of fused-ring (bicyclic) bond motifs is 3. The summed E-state index contributed by atoms with van der Waals surface area (Å²) in [6, 6.07) is 14.9. The molecule has 4 rings (SSSR count). The summed E-state index contributed by atoms with van der Waals surface area (Å²) < 4.78 is 5.56. The lowest BCUT2D eigenvalue weighted by molar-refractivity contribution is -0.159. The summed E-state index contributed by atoms with van der Waals surface area (Å²) in [5.74, 6) is -1.30. The Morgan fingerprint density at radius 1 is 1.09 bits per heavy atom. The lowest BCUT2D eigenvalue weighted by Gasteiger charge is -2.44. The minimum atomic E-state index is -0.991. The number of nitrogens with one attached hydrogen (secondary N) is 1. The van der Waals surface area contributed by atoms with Crippen LogP contribution in [-0.4, -0.2) is 53.2 Å². The van der Waals surface area contributed by atoms with Crippen molar-refractivity contribution in [1.29, 1.82) is 0 Å². The number of carbonyl (C=O) groups excluding carboxylic acids is 2. The van der Waals surface area contributed by atoms with Crippen LogP contribution in [0.4, 0.5) is 4.79 Å². The number of piperidine rings is 1. The van der Waals surface area contributed by atoms with Crippen LogP contribution in [0.15, 0.2) is 48.5 Å². The molecule has 2 aromatic carbocycles. The molecule has 1 saturated heterocycles. The van der Waals surface area contributed by atoms with E-state index in [1.54, 1.807) is 6.92 Å². The van der Waals surface area contributed by atoms with E-state index in [9.17, 15) is 19.5 Å². The van der Waals surface area contributed by atoms with Crippen molar-refractivity contribution in [3.05, 3.63) is 59.7 Å². The maximum Gasteiger partial charge on any atom is 0.407 e. The predicted molar refractivity (Wildman–Crippen MR) is 128 cm³/mol. The third-order valence-corrected chi connectivity index (χ3v) is 7.02. The predicted octanol–water partition coefficient (Wildman–Crippen LogP) is 4.41. The molecule has 7 nitrogen and oxygen atoms in total. The van der Waals surface area contributed by atoms with Crippen LogP contribution in [0.3, 0.4) is 0 Å². The molecule has 180 valence electrons. The number of alkyl carbamates (subject to hydrolysis) is 1. The van der Waals surface area contributed by atoms with Crippen LogP contribution in [0.25, 0.3) is 11.1 Å². The normalized spacial score (nSPS) is 19.6. The highest BCUT2D eigenvalue weighted by Crippen LogP contribution is 2.44. The average molecular weight is 465 g/mol. The fraction of sp³-hybridized carbons (Fsp3) is 0.444. The van der Waals surface area contributed by atoms with Crippen LogP contribution in [0.1, 0.15) is 57.1 Å². The molecule has 1 heterocycles. The molecule has 7 heteroatoms. The SMILES string of the molecule is C[C@H](CC(=O)N1CCCC(C)(C)C1C(=O)O)NC(=O)OCC1c2ccccc2-c2ccccc21. The van der Waals surface area contributed by atoms with Gasteiger partial charge in [-0.15, -0.1) is 0 Å². The van der Waals surface area contributed by atoms with E-state index in [0.29, 0.717) is 6.54 Å². The van der Waals surface area contributed by atoms with Gasteiger partial charge in [0.1, 0.15) is 12.6 Å². The van der Waals surface area contributed by atoms with Crippen molar-refractivity contribution in [2.75, 3.05) is 13.2 Å². The highest BCUT2D eigenvalue weighted by molar-refractivity contribution is 5.85. The summed E-state index contributed by atoms with van der Waals surface area (Å²) in [5, 5.41) is 12.4. The summed E-state index contributed by atoms with van der Waals surface area (Å²) in [7, 11) is 0. The lowest BCUT2D eigenvalue weighted by atomic mass is 9.76. The molecule has 1 unspecified atom stereocenters. The van der Waals surface area contributed by atoms with E-state index in [0.717, 1.165) is 35.1 Å². The number of hydrogen-bond acceptors (Lipinski definition) is 4. The smallest absolute Gasteiger partial charge is 0.407 e. The van der Waals surface area contributed by atoms with Gasteiger partial charge in [-0.05, 0) is 47.4 Å². The second-order valence-corrected chi connectivity index (χ2v) is 10.00. The zero-order chi connectivity index (χ0) is 24.5. The molecule has 2 atom stereocenters. The zero-order valence-corrected chi connectivity index (χ0v) is 19.9. The Morgan fingerprint density at radius 3 is 2.26 bits per heavy atom. The van der Waals surface area contributed by atoms with E-state index < -0.39 is 29.6 Å². The largest absolute Gasteiger partial charge is 0.480 e. The van der Waals surface area contributed by atoms with E-state index in [1.165, 1.54) is 4.90 Å². The van der Waals surface area contributed by atoms with Crippen LogP contribution in [-0.2, 0) is 14.3 Å². The number of hydrogen-bond donors (Lipinski definition) is 2. The Bertz CT molecular complexity index is 1050. The number of amides is 2. The van der Waals surface area contributed by atoms with Gasteiger partial charge in [0, 0.05) is 24.9 Å². The third kappa shape index (κ3) is 4.65. The average Bonchev–Trinajstić information content (AvgIpc) is 3.10. The molecule has 2 N–H and O–H groups in total. The van der Waals surface area contributed by atoms with Gasteiger partial charge in [0.05, 0.1) is 0 Å². The molecule has 0 radical (unpaired) electrons.